The molecule has 0 saturated heterocycles. The van der Waals surface area contributed by atoms with Gasteiger partial charge in [0, 0.05) is 6.04 Å². The Hall–Kier alpha value is -1.59. The first-order valence-electron chi connectivity index (χ1n) is 8.30. The van der Waals surface area contributed by atoms with E-state index in [-0.39, 0.29) is 6.10 Å². The zero-order valence-corrected chi connectivity index (χ0v) is 13.3. The average molecular weight is 302 g/mol. The number of nitrogens with zero attached hydrogens (tertiary/aromatic N) is 1. The van der Waals surface area contributed by atoms with E-state index in [1.165, 1.54) is 24.0 Å². The predicted molar refractivity (Wildman–Crippen MR) is 89.8 cm³/mol. The highest BCUT2D eigenvalue weighted by Crippen LogP contribution is 2.40. The van der Waals surface area contributed by atoms with Gasteiger partial charge in [0.2, 0.25) is 0 Å². The topological polar surface area (TPSA) is 85.7 Å². The van der Waals surface area contributed by atoms with E-state index in [4.69, 9.17) is 16.2 Å². The van der Waals surface area contributed by atoms with Gasteiger partial charge in [-0.25, -0.2) is 4.99 Å². The number of nitrogens with two attached hydrogens (primary N) is 2. The van der Waals surface area contributed by atoms with Crippen LogP contribution >= 0.6 is 0 Å². The molecule has 0 fully saturated rings. The molecule has 1 heterocycles. The van der Waals surface area contributed by atoms with Gasteiger partial charge >= 0.3 is 0 Å². The van der Waals surface area contributed by atoms with E-state index >= 15 is 0 Å². The minimum atomic E-state index is -0.140. The number of aryl methyl sites for hydroxylation is 1. The second kappa shape index (κ2) is 6.67. The van der Waals surface area contributed by atoms with Crippen molar-refractivity contribution >= 4 is 11.5 Å². The van der Waals surface area contributed by atoms with E-state index in [2.05, 4.69) is 22.4 Å². The number of ether oxygens (including phenoxy) is 1. The fourth-order valence-electron chi connectivity index (χ4n) is 3.24. The fraction of sp³-hybridized carbons (Fsp3) is 0.588. The van der Waals surface area contributed by atoms with Gasteiger partial charge in [-0.15, -0.1) is 0 Å². The van der Waals surface area contributed by atoms with E-state index in [0.717, 1.165) is 43.8 Å². The Labute approximate surface area is 132 Å². The Morgan fingerprint density at radius 1 is 1.36 bits per heavy atom. The summed E-state index contributed by atoms with van der Waals surface area (Å²) in [5, 5.41) is 3.66. The van der Waals surface area contributed by atoms with Gasteiger partial charge in [0.1, 0.15) is 17.3 Å². The summed E-state index contributed by atoms with van der Waals surface area (Å²) in [6, 6.07) is 4.72. The Bertz CT molecular complexity index is 570. The smallest absolute Gasteiger partial charge is 0.153 e. The lowest BCUT2D eigenvalue weighted by molar-refractivity contribution is 0.281. The van der Waals surface area contributed by atoms with Crippen molar-refractivity contribution < 1.29 is 4.74 Å². The van der Waals surface area contributed by atoms with Crippen molar-refractivity contribution in [1.82, 2.24) is 5.32 Å². The SMILES string of the molecule is CC1Oc2cc3c(cc2N=C1N)C(NCCCCN)CCC3. The Morgan fingerprint density at radius 3 is 3.05 bits per heavy atom. The molecule has 0 spiro atoms. The van der Waals surface area contributed by atoms with Crippen LogP contribution in [0.2, 0.25) is 0 Å². The lowest BCUT2D eigenvalue weighted by Crippen LogP contribution is -2.33. The number of nitrogens with one attached hydrogen (secondary N) is 1. The maximum absolute atomic E-state index is 5.91. The van der Waals surface area contributed by atoms with Crippen LogP contribution in [-0.2, 0) is 6.42 Å². The second-order valence-electron chi connectivity index (χ2n) is 6.21. The number of hydrogen-bond acceptors (Lipinski definition) is 5. The molecule has 0 aromatic heterocycles. The highest BCUT2D eigenvalue weighted by atomic mass is 16.5. The highest BCUT2D eigenvalue weighted by Gasteiger charge is 2.25. The van der Waals surface area contributed by atoms with Gasteiger partial charge in [0.15, 0.2) is 6.10 Å². The highest BCUT2D eigenvalue weighted by molar-refractivity contribution is 5.90. The Balaban J connectivity index is 1.81. The minimum absolute atomic E-state index is 0.140. The van der Waals surface area contributed by atoms with Crippen LogP contribution in [0.15, 0.2) is 17.1 Å². The molecule has 1 aromatic rings. The number of unbranched alkanes of at least 4 members (excludes halogenated alkanes) is 1. The van der Waals surface area contributed by atoms with Gasteiger partial charge in [-0.2, -0.15) is 0 Å². The third-order valence-electron chi connectivity index (χ3n) is 4.53. The standard InChI is InChI=1S/C17H26N4O/c1-11-17(19)21-15-10-13-12(9-16(15)22-11)5-4-6-14(13)20-8-3-2-7-18/h9-11,14,20H,2-8,18H2,1H3,(H2,19,21). The van der Waals surface area contributed by atoms with Gasteiger partial charge in [-0.1, -0.05) is 0 Å². The molecule has 3 rings (SSSR count). The van der Waals surface area contributed by atoms with Gasteiger partial charge in [0.25, 0.3) is 0 Å². The maximum Gasteiger partial charge on any atom is 0.153 e. The lowest BCUT2D eigenvalue weighted by Gasteiger charge is -2.29. The van der Waals surface area contributed by atoms with Crippen molar-refractivity contribution in [1.29, 1.82) is 0 Å². The molecule has 0 bridgehead atoms. The molecule has 5 nitrogen and oxygen atoms in total. The molecule has 22 heavy (non-hydrogen) atoms. The number of benzene rings is 1. The molecule has 1 aliphatic heterocycles. The zero-order valence-electron chi connectivity index (χ0n) is 13.3. The summed E-state index contributed by atoms with van der Waals surface area (Å²) in [5.74, 6) is 1.42. The van der Waals surface area contributed by atoms with E-state index in [1.807, 2.05) is 6.92 Å². The monoisotopic (exact) mass is 302 g/mol. The third-order valence-corrected chi connectivity index (χ3v) is 4.53. The number of rotatable bonds is 5. The molecule has 2 unspecified atom stereocenters. The average Bonchev–Trinajstić information content (AvgIpc) is 2.51. The first-order valence-corrected chi connectivity index (χ1v) is 8.30. The summed E-state index contributed by atoms with van der Waals surface area (Å²) in [6.07, 6.45) is 5.55. The fourth-order valence-corrected chi connectivity index (χ4v) is 3.24. The lowest BCUT2D eigenvalue weighted by atomic mass is 9.86. The van der Waals surface area contributed by atoms with Crippen molar-refractivity contribution in [3.63, 3.8) is 0 Å². The van der Waals surface area contributed by atoms with E-state index < -0.39 is 0 Å². The summed E-state index contributed by atoms with van der Waals surface area (Å²) in [7, 11) is 0. The summed E-state index contributed by atoms with van der Waals surface area (Å²) in [5.41, 5.74) is 15.1. The van der Waals surface area contributed by atoms with Crippen LogP contribution in [0.4, 0.5) is 5.69 Å². The molecule has 1 aromatic carbocycles. The molecule has 2 aliphatic rings. The molecular weight excluding hydrogens is 276 g/mol. The van der Waals surface area contributed by atoms with Gasteiger partial charge in [-0.05, 0) is 75.4 Å². The third kappa shape index (κ3) is 3.10. The summed E-state index contributed by atoms with van der Waals surface area (Å²) >= 11 is 0. The van der Waals surface area contributed by atoms with Gasteiger partial charge in [0.05, 0.1) is 0 Å². The first kappa shape index (κ1) is 15.3. The number of aliphatic imine (C=N–C) groups is 1. The van der Waals surface area contributed by atoms with Crippen molar-refractivity contribution in [2.75, 3.05) is 13.1 Å². The van der Waals surface area contributed by atoms with E-state index in [0.29, 0.717) is 11.9 Å². The normalized spacial score (nSPS) is 23.3. The summed E-state index contributed by atoms with van der Waals surface area (Å²) < 4.78 is 5.87. The quantitative estimate of drug-likeness (QED) is 0.728. The molecule has 5 heteroatoms. The van der Waals surface area contributed by atoms with Gasteiger partial charge in [-0.3, -0.25) is 0 Å². The second-order valence-corrected chi connectivity index (χ2v) is 6.21. The van der Waals surface area contributed by atoms with Crippen LogP contribution in [-0.4, -0.2) is 25.0 Å². The minimum Gasteiger partial charge on any atom is -0.481 e. The van der Waals surface area contributed by atoms with Gasteiger partial charge < -0.3 is 21.5 Å². The molecule has 0 radical (unpaired) electrons. The number of amidine groups is 1. The van der Waals surface area contributed by atoms with E-state index in [9.17, 15) is 0 Å². The largest absolute Gasteiger partial charge is 0.481 e. The van der Waals surface area contributed by atoms with Crippen LogP contribution in [0.25, 0.3) is 0 Å². The first-order chi connectivity index (χ1) is 10.7. The Morgan fingerprint density at radius 2 is 2.23 bits per heavy atom. The number of fused-ring (bicyclic) bond motifs is 2. The number of hydrogen-bond donors (Lipinski definition) is 3. The molecule has 0 saturated carbocycles. The Kier molecular flexibility index (Phi) is 4.64. The molecule has 2 atom stereocenters. The van der Waals surface area contributed by atoms with Crippen molar-refractivity contribution in [2.45, 2.75) is 51.2 Å². The van der Waals surface area contributed by atoms with Crippen LogP contribution in [0.5, 0.6) is 5.75 Å². The summed E-state index contributed by atoms with van der Waals surface area (Å²) in [4.78, 5) is 4.50. The molecule has 120 valence electrons. The zero-order chi connectivity index (χ0) is 15.5. The molecule has 0 amide bonds. The van der Waals surface area contributed by atoms with Crippen LogP contribution in [0.1, 0.15) is 49.8 Å². The van der Waals surface area contributed by atoms with Crippen LogP contribution in [0, 0.1) is 0 Å². The van der Waals surface area contributed by atoms with Crippen molar-refractivity contribution in [2.24, 2.45) is 16.5 Å². The van der Waals surface area contributed by atoms with Crippen LogP contribution < -0.4 is 21.5 Å². The van der Waals surface area contributed by atoms with Crippen molar-refractivity contribution in [3.8, 4) is 5.75 Å². The maximum atomic E-state index is 5.91. The molecule has 1 aliphatic carbocycles. The predicted octanol–water partition coefficient (Wildman–Crippen LogP) is 2.16. The van der Waals surface area contributed by atoms with E-state index in [1.54, 1.807) is 0 Å². The van der Waals surface area contributed by atoms with Crippen LogP contribution in [0.3, 0.4) is 0 Å². The summed E-state index contributed by atoms with van der Waals surface area (Å²) in [6.45, 7) is 3.71. The molecular formula is C17H26N4O. The van der Waals surface area contributed by atoms with Crippen molar-refractivity contribution in [3.05, 3.63) is 23.3 Å². The molecule has 5 N–H and O–H groups in total.